The van der Waals surface area contributed by atoms with Gasteiger partial charge in [0, 0.05) is 69.3 Å². The largest absolute Gasteiger partial charge is 0.392 e. The van der Waals surface area contributed by atoms with Crippen molar-refractivity contribution in [2.75, 3.05) is 26.7 Å². The Morgan fingerprint density at radius 3 is 2.33 bits per heavy atom. The number of ether oxygens (including phenoxy) is 2. The first-order chi connectivity index (χ1) is 24.8. The van der Waals surface area contributed by atoms with E-state index in [1.807, 2.05) is 60.8 Å². The van der Waals surface area contributed by atoms with Crippen molar-refractivity contribution in [2.24, 2.45) is 5.92 Å². The van der Waals surface area contributed by atoms with Gasteiger partial charge in [-0.25, -0.2) is 0 Å². The molecule has 4 aromatic rings. The fourth-order valence-electron chi connectivity index (χ4n) is 6.49. The Bertz CT molecular complexity index is 1670. The number of unbranched alkanes of at least 4 members (excludes halogenated alkanes) is 2. The Balaban J connectivity index is 1.25. The van der Waals surface area contributed by atoms with E-state index in [1.54, 1.807) is 0 Å². The van der Waals surface area contributed by atoms with Crippen LogP contribution in [0, 0.1) is 5.92 Å². The number of benzene rings is 3. The maximum atomic E-state index is 12.6. The molecule has 0 unspecified atom stereocenters. The van der Waals surface area contributed by atoms with Crippen LogP contribution < -0.4 is 10.6 Å². The Morgan fingerprint density at radius 1 is 0.863 bits per heavy atom. The van der Waals surface area contributed by atoms with E-state index in [9.17, 15) is 14.7 Å². The van der Waals surface area contributed by atoms with Crippen molar-refractivity contribution in [3.63, 3.8) is 0 Å². The van der Waals surface area contributed by atoms with Gasteiger partial charge in [-0.3, -0.25) is 14.6 Å². The van der Waals surface area contributed by atoms with Crippen molar-refractivity contribution < 1.29 is 24.2 Å². The first kappa shape index (κ1) is 37.8. The van der Waals surface area contributed by atoms with Crippen LogP contribution in [0.15, 0.2) is 97.2 Å². The number of hydrogen-bond donors (Lipinski definition) is 3. The molecule has 0 radical (unpaired) electrons. The number of likely N-dealkylation sites (N-methyl/N-ethyl adjacent to an activating group) is 1. The molecule has 1 aliphatic rings. The van der Waals surface area contributed by atoms with Gasteiger partial charge >= 0.3 is 0 Å². The Hall–Kier alpha value is -4.41. The molecule has 5 rings (SSSR count). The Labute approximate surface area is 302 Å². The maximum absolute atomic E-state index is 12.6. The molecule has 0 saturated carbocycles. The molecule has 1 aromatic heterocycles. The van der Waals surface area contributed by atoms with Crippen molar-refractivity contribution >= 4 is 11.8 Å². The van der Waals surface area contributed by atoms with E-state index in [2.05, 4.69) is 70.9 Å². The summed E-state index contributed by atoms with van der Waals surface area (Å²) in [5.74, 6) is 0.0869. The van der Waals surface area contributed by atoms with Gasteiger partial charge in [-0.15, -0.1) is 0 Å². The second-order valence-electron chi connectivity index (χ2n) is 13.5. The molecule has 51 heavy (non-hydrogen) atoms. The SMILES string of the molecule is CC(=O)NCCCCCC(=O)NCc1ccccc1-c1ccc([C@@H]2O[C@H](CN(C)CCc3ccccn3)[C@H](C)[C@H](c3ccc(CO)cc3)O2)cc1. The van der Waals surface area contributed by atoms with Crippen molar-refractivity contribution in [3.05, 3.63) is 125 Å². The van der Waals surface area contributed by atoms with Crippen LogP contribution in [0.25, 0.3) is 11.1 Å². The summed E-state index contributed by atoms with van der Waals surface area (Å²) in [5, 5.41) is 15.5. The predicted octanol–water partition coefficient (Wildman–Crippen LogP) is 6.52. The van der Waals surface area contributed by atoms with Crippen molar-refractivity contribution in [2.45, 2.75) is 77.6 Å². The van der Waals surface area contributed by atoms with E-state index in [1.165, 1.54) is 6.92 Å². The lowest BCUT2D eigenvalue weighted by molar-refractivity contribution is -0.275. The van der Waals surface area contributed by atoms with Crippen LogP contribution in [0.3, 0.4) is 0 Å². The predicted molar refractivity (Wildman–Crippen MR) is 199 cm³/mol. The lowest BCUT2D eigenvalue weighted by atomic mass is 9.90. The van der Waals surface area contributed by atoms with E-state index < -0.39 is 6.29 Å². The Morgan fingerprint density at radius 2 is 1.61 bits per heavy atom. The maximum Gasteiger partial charge on any atom is 0.220 e. The third-order valence-electron chi connectivity index (χ3n) is 9.53. The molecule has 2 heterocycles. The number of nitrogens with zero attached hydrogens (tertiary/aromatic N) is 2. The molecule has 1 aliphatic heterocycles. The standard InChI is InChI=1S/C42H52N4O5/c1-30-39(28-46(3)26-23-37-12-8-10-25-44-37)50-42(51-41(30)34-17-15-32(29-47)16-18-34)35-21-19-33(20-22-35)38-13-7-6-11-36(38)27-45-40(49)14-5-4-9-24-43-31(2)48/h6-8,10-13,15-22,25,30,39,41-42,47H,4-5,9,14,23-24,26-29H2,1-3H3,(H,43,48)(H,45,49)/t30-,39+,41+,42+/m0/s1. The van der Waals surface area contributed by atoms with Crippen LogP contribution in [-0.2, 0) is 38.6 Å². The van der Waals surface area contributed by atoms with Gasteiger partial charge in [0.05, 0.1) is 18.8 Å². The summed E-state index contributed by atoms with van der Waals surface area (Å²) in [5.41, 5.74) is 7.09. The highest BCUT2D eigenvalue weighted by atomic mass is 16.7. The fraction of sp³-hybridized carbons (Fsp3) is 0.405. The first-order valence-corrected chi connectivity index (χ1v) is 18.1. The van der Waals surface area contributed by atoms with Crippen LogP contribution in [-0.4, -0.2) is 59.6 Å². The van der Waals surface area contributed by atoms with Gasteiger partial charge in [-0.05, 0) is 59.8 Å². The van der Waals surface area contributed by atoms with Gasteiger partial charge in [0.15, 0.2) is 6.29 Å². The quantitative estimate of drug-likeness (QED) is 0.108. The number of amides is 2. The summed E-state index contributed by atoms with van der Waals surface area (Å²) < 4.78 is 13.4. The van der Waals surface area contributed by atoms with Crippen LogP contribution in [0.4, 0.5) is 0 Å². The molecule has 0 aliphatic carbocycles. The number of rotatable bonds is 17. The van der Waals surface area contributed by atoms with Crippen molar-refractivity contribution in [3.8, 4) is 11.1 Å². The number of aromatic nitrogens is 1. The van der Waals surface area contributed by atoms with E-state index in [4.69, 9.17) is 9.47 Å². The highest BCUT2D eigenvalue weighted by Crippen LogP contribution is 2.42. The zero-order valence-electron chi connectivity index (χ0n) is 30.1. The number of aliphatic hydroxyl groups excluding tert-OH is 1. The highest BCUT2D eigenvalue weighted by Gasteiger charge is 2.38. The minimum absolute atomic E-state index is 0.000752. The first-order valence-electron chi connectivity index (χ1n) is 18.1. The summed E-state index contributed by atoms with van der Waals surface area (Å²) in [6, 6.07) is 30.5. The number of carbonyl (C=O) groups excluding carboxylic acids is 2. The summed E-state index contributed by atoms with van der Waals surface area (Å²) in [6.07, 6.45) is 4.88. The van der Waals surface area contributed by atoms with Gasteiger partial charge in [0.1, 0.15) is 0 Å². The van der Waals surface area contributed by atoms with E-state index >= 15 is 0 Å². The molecular weight excluding hydrogens is 640 g/mol. The van der Waals surface area contributed by atoms with E-state index in [0.29, 0.717) is 19.5 Å². The minimum atomic E-state index is -0.556. The molecule has 1 saturated heterocycles. The van der Waals surface area contributed by atoms with E-state index in [-0.39, 0.29) is 36.5 Å². The zero-order chi connectivity index (χ0) is 36.0. The number of carbonyl (C=O) groups is 2. The van der Waals surface area contributed by atoms with Crippen LogP contribution in [0.1, 0.15) is 79.9 Å². The Kier molecular flexibility index (Phi) is 14.3. The molecule has 3 N–H and O–H groups in total. The lowest BCUT2D eigenvalue weighted by Crippen LogP contribution is -2.43. The zero-order valence-corrected chi connectivity index (χ0v) is 30.1. The summed E-state index contributed by atoms with van der Waals surface area (Å²) in [6.45, 7) is 6.39. The second-order valence-corrected chi connectivity index (χ2v) is 13.5. The van der Waals surface area contributed by atoms with Crippen molar-refractivity contribution in [1.82, 2.24) is 20.5 Å². The van der Waals surface area contributed by atoms with Crippen molar-refractivity contribution in [1.29, 1.82) is 0 Å². The van der Waals surface area contributed by atoms with Gasteiger partial charge in [0.25, 0.3) is 0 Å². The van der Waals surface area contributed by atoms with E-state index in [0.717, 1.165) is 77.8 Å². The van der Waals surface area contributed by atoms with Crippen LogP contribution in [0.5, 0.6) is 0 Å². The molecule has 4 atom stereocenters. The molecule has 2 amide bonds. The topological polar surface area (TPSA) is 113 Å². The van der Waals surface area contributed by atoms with Gasteiger partial charge < -0.3 is 30.1 Å². The average Bonchev–Trinajstić information content (AvgIpc) is 3.16. The minimum Gasteiger partial charge on any atom is -0.392 e. The number of nitrogens with one attached hydrogen (secondary N) is 2. The molecule has 1 fully saturated rings. The molecule has 270 valence electrons. The average molecular weight is 693 g/mol. The highest BCUT2D eigenvalue weighted by molar-refractivity contribution is 5.76. The van der Waals surface area contributed by atoms with Gasteiger partial charge in [0.2, 0.25) is 11.8 Å². The summed E-state index contributed by atoms with van der Waals surface area (Å²) >= 11 is 0. The third-order valence-corrected chi connectivity index (χ3v) is 9.53. The van der Waals surface area contributed by atoms with Crippen LogP contribution >= 0.6 is 0 Å². The number of hydrogen-bond acceptors (Lipinski definition) is 7. The van der Waals surface area contributed by atoms with Gasteiger partial charge in [-0.1, -0.05) is 92.2 Å². The lowest BCUT2D eigenvalue weighted by Gasteiger charge is -2.42. The second kappa shape index (κ2) is 19.3. The monoisotopic (exact) mass is 692 g/mol. The summed E-state index contributed by atoms with van der Waals surface area (Å²) in [7, 11) is 2.12. The molecule has 3 aromatic carbocycles. The van der Waals surface area contributed by atoms with Gasteiger partial charge in [-0.2, -0.15) is 0 Å². The molecule has 0 spiro atoms. The van der Waals surface area contributed by atoms with Crippen LogP contribution in [0.2, 0.25) is 0 Å². The normalized spacial score (nSPS) is 18.8. The molecule has 9 heteroatoms. The summed E-state index contributed by atoms with van der Waals surface area (Å²) in [4.78, 5) is 30.4. The molecular formula is C42H52N4O5. The molecule has 0 bridgehead atoms. The fourth-order valence-corrected chi connectivity index (χ4v) is 6.49. The number of aliphatic hydroxyl groups is 1. The third kappa shape index (κ3) is 11.3. The molecule has 9 nitrogen and oxygen atoms in total. The number of pyridine rings is 1. The smallest absolute Gasteiger partial charge is 0.220 e.